The number of nitrogens with zero attached hydrogens (tertiary/aromatic N) is 5. The zero-order chi connectivity index (χ0) is 28.3. The minimum atomic E-state index is 0.140. The van der Waals surface area contributed by atoms with Crippen LogP contribution in [0.1, 0.15) is 55.3 Å². The minimum absolute atomic E-state index is 0.140. The number of carbonyl (C=O) groups is 1. The predicted molar refractivity (Wildman–Crippen MR) is 166 cm³/mol. The number of likely N-dealkylation sites (tertiary alicyclic amines) is 1. The molecule has 2 unspecified atom stereocenters. The van der Waals surface area contributed by atoms with Gasteiger partial charge in [0.05, 0.1) is 18.3 Å². The van der Waals surface area contributed by atoms with Crippen LogP contribution in [-0.2, 0) is 13.6 Å². The molecular formula is C35H41N5O2. The molecular weight excluding hydrogens is 522 g/mol. The first-order valence-corrected chi connectivity index (χ1v) is 16.2. The highest BCUT2D eigenvalue weighted by Crippen LogP contribution is 2.60. The van der Waals surface area contributed by atoms with Crippen molar-refractivity contribution in [1.82, 2.24) is 19.0 Å². The summed E-state index contributed by atoms with van der Waals surface area (Å²) in [6, 6.07) is 13.6. The predicted octanol–water partition coefficient (Wildman–Crippen LogP) is 6.33. The molecule has 0 bridgehead atoms. The van der Waals surface area contributed by atoms with Gasteiger partial charge in [0.2, 0.25) is 0 Å². The van der Waals surface area contributed by atoms with Gasteiger partial charge in [0.1, 0.15) is 11.3 Å². The molecule has 3 heterocycles. The Hall–Kier alpha value is -3.48. The summed E-state index contributed by atoms with van der Waals surface area (Å²) < 4.78 is 10.6. The third-order valence-electron chi connectivity index (χ3n) is 11.4. The van der Waals surface area contributed by atoms with Crippen molar-refractivity contribution in [1.29, 1.82) is 0 Å². The zero-order valence-electron chi connectivity index (χ0n) is 25.1. The van der Waals surface area contributed by atoms with Gasteiger partial charge in [0.15, 0.2) is 5.82 Å². The first-order chi connectivity index (χ1) is 20.5. The van der Waals surface area contributed by atoms with Crippen molar-refractivity contribution in [2.75, 3.05) is 32.1 Å². The molecule has 42 heavy (non-hydrogen) atoms. The average molecular weight is 564 g/mol. The maximum atomic E-state index is 13.8. The van der Waals surface area contributed by atoms with E-state index >= 15 is 0 Å². The fourth-order valence-electron chi connectivity index (χ4n) is 8.53. The van der Waals surface area contributed by atoms with Crippen molar-refractivity contribution >= 4 is 33.5 Å². The first-order valence-electron chi connectivity index (χ1n) is 16.2. The number of hydrogen-bond donors (Lipinski definition) is 0. The first kappa shape index (κ1) is 25.1. The van der Waals surface area contributed by atoms with E-state index in [0.29, 0.717) is 11.6 Å². The number of hydrogen-bond acceptors (Lipinski definition) is 4. The van der Waals surface area contributed by atoms with E-state index in [1.165, 1.54) is 61.5 Å². The molecule has 4 saturated carbocycles. The number of methoxy groups -OCH3 is 1. The van der Waals surface area contributed by atoms with Crippen LogP contribution >= 0.6 is 0 Å². The molecule has 4 aliphatic carbocycles. The van der Waals surface area contributed by atoms with Gasteiger partial charge >= 0.3 is 0 Å². The molecule has 4 atom stereocenters. The van der Waals surface area contributed by atoms with Gasteiger partial charge in [0.25, 0.3) is 5.91 Å². The maximum Gasteiger partial charge on any atom is 0.254 e. The van der Waals surface area contributed by atoms with Crippen LogP contribution in [0, 0.1) is 29.6 Å². The lowest BCUT2D eigenvalue weighted by Crippen LogP contribution is -2.53. The number of benzene rings is 2. The lowest BCUT2D eigenvalue weighted by atomic mass is 9.53. The Morgan fingerprint density at radius 1 is 1.05 bits per heavy atom. The van der Waals surface area contributed by atoms with Crippen LogP contribution in [0.25, 0.3) is 33.5 Å². The molecule has 2 aromatic heterocycles. The summed E-state index contributed by atoms with van der Waals surface area (Å²) in [4.78, 5) is 23.5. The Morgan fingerprint density at radius 2 is 1.88 bits per heavy atom. The van der Waals surface area contributed by atoms with E-state index in [9.17, 15) is 4.79 Å². The summed E-state index contributed by atoms with van der Waals surface area (Å²) in [6.45, 7) is 3.04. The van der Waals surface area contributed by atoms with Gasteiger partial charge in [0, 0.05) is 61.9 Å². The van der Waals surface area contributed by atoms with E-state index in [-0.39, 0.29) is 5.91 Å². The number of fused-ring (bicyclic) bond motifs is 2. The molecule has 0 radical (unpaired) electrons. The Bertz CT molecular complexity index is 1740. The third kappa shape index (κ3) is 3.77. The van der Waals surface area contributed by atoms with Crippen molar-refractivity contribution in [3.05, 3.63) is 42.0 Å². The number of carbonyl (C=O) groups excluding carboxylic acids is 1. The van der Waals surface area contributed by atoms with E-state index < -0.39 is 0 Å². The average Bonchev–Trinajstić information content (AvgIpc) is 3.90. The monoisotopic (exact) mass is 563 g/mol. The molecule has 5 aliphatic rings. The summed E-state index contributed by atoms with van der Waals surface area (Å²) in [6.07, 6.45) is 9.17. The van der Waals surface area contributed by atoms with Crippen molar-refractivity contribution in [2.45, 2.75) is 57.5 Å². The quantitative estimate of drug-likeness (QED) is 0.239. The van der Waals surface area contributed by atoms with Gasteiger partial charge in [-0.3, -0.25) is 4.79 Å². The van der Waals surface area contributed by atoms with Crippen LogP contribution < -0.4 is 9.64 Å². The molecule has 1 amide bonds. The minimum Gasteiger partial charge on any atom is -0.494 e. The Labute approximate surface area is 247 Å². The number of anilines is 1. The highest BCUT2D eigenvalue weighted by Gasteiger charge is 2.61. The van der Waals surface area contributed by atoms with Crippen molar-refractivity contribution < 1.29 is 9.53 Å². The molecule has 1 aliphatic heterocycles. The van der Waals surface area contributed by atoms with Crippen molar-refractivity contribution in [3.8, 4) is 17.3 Å². The third-order valence-corrected chi connectivity index (χ3v) is 11.4. The van der Waals surface area contributed by atoms with Crippen LogP contribution in [-0.4, -0.2) is 58.2 Å². The van der Waals surface area contributed by atoms with Crippen LogP contribution in [0.2, 0.25) is 0 Å². The number of aromatic nitrogens is 3. The molecule has 7 heteroatoms. The van der Waals surface area contributed by atoms with E-state index in [2.05, 4.69) is 57.3 Å². The second-order valence-corrected chi connectivity index (χ2v) is 14.1. The second-order valence-electron chi connectivity index (χ2n) is 14.1. The number of rotatable bonds is 9. The molecule has 2 aromatic carbocycles. The molecule has 9 rings (SSSR count). The standard InChI is InChI=1S/C35H41N5O2/c1-37(11-10-20-4-5-20)26-8-9-28-22(13-26)15-30(39(28)18-21-6-7-21)34-36-27-14-24(17-31(42-3)33(27)38(34)2)35(41)40-19-25-12-23-16-29(40)32(23)25/h8-9,13-15,17,20-21,23,25,29,32H,4-7,10-12,16,18-19H2,1-3H3/t23?,25-,29?,32+/m1/s1. The topological polar surface area (TPSA) is 55.5 Å². The molecule has 5 fully saturated rings. The SMILES string of the molecule is COc1cc(C(=O)N2C[C@H]3CC4CC2[C@@H]43)cc2nc(-c3cc4cc(N(C)CCC5CC5)ccc4n3CC3CC3)n(C)c12. The van der Waals surface area contributed by atoms with E-state index in [1.54, 1.807) is 7.11 Å². The molecule has 1 saturated heterocycles. The van der Waals surface area contributed by atoms with Crippen LogP contribution in [0.3, 0.4) is 0 Å². The fourth-order valence-corrected chi connectivity index (χ4v) is 8.53. The summed E-state index contributed by atoms with van der Waals surface area (Å²) in [5.41, 5.74) is 6.16. The lowest BCUT2D eigenvalue weighted by Gasteiger charge is -2.52. The van der Waals surface area contributed by atoms with Gasteiger partial charge in [-0.25, -0.2) is 4.98 Å². The van der Waals surface area contributed by atoms with Crippen molar-refractivity contribution in [2.24, 2.45) is 36.6 Å². The molecule has 4 aromatic rings. The smallest absolute Gasteiger partial charge is 0.254 e. The highest BCUT2D eigenvalue weighted by atomic mass is 16.5. The summed E-state index contributed by atoms with van der Waals surface area (Å²) in [5, 5.41) is 1.26. The van der Waals surface area contributed by atoms with E-state index in [0.717, 1.165) is 77.5 Å². The van der Waals surface area contributed by atoms with E-state index in [4.69, 9.17) is 9.72 Å². The Morgan fingerprint density at radius 3 is 2.62 bits per heavy atom. The lowest BCUT2D eigenvalue weighted by molar-refractivity contribution is -0.0204. The molecule has 7 nitrogen and oxygen atoms in total. The van der Waals surface area contributed by atoms with Crippen LogP contribution in [0.4, 0.5) is 5.69 Å². The number of amides is 1. The Kier molecular flexibility index (Phi) is 5.38. The van der Waals surface area contributed by atoms with E-state index in [1.807, 2.05) is 12.1 Å². The maximum absolute atomic E-state index is 13.8. The van der Waals surface area contributed by atoms with Gasteiger partial charge < -0.3 is 23.7 Å². The molecule has 0 spiro atoms. The summed E-state index contributed by atoms with van der Waals surface area (Å²) in [7, 11) is 6.00. The molecule has 0 N–H and O–H groups in total. The Balaban J connectivity index is 1.11. The van der Waals surface area contributed by atoms with Crippen LogP contribution in [0.15, 0.2) is 36.4 Å². The second kappa shape index (κ2) is 9.01. The van der Waals surface area contributed by atoms with Crippen LogP contribution in [0.5, 0.6) is 5.75 Å². The van der Waals surface area contributed by atoms with Crippen molar-refractivity contribution in [3.63, 3.8) is 0 Å². The van der Waals surface area contributed by atoms with Gasteiger partial charge in [-0.1, -0.05) is 12.8 Å². The van der Waals surface area contributed by atoms with Gasteiger partial charge in [-0.05, 0) is 98.1 Å². The molecule has 218 valence electrons. The fraction of sp³-hybridized carbons (Fsp3) is 0.543. The van der Waals surface area contributed by atoms with Gasteiger partial charge in [-0.2, -0.15) is 0 Å². The number of aryl methyl sites for hydroxylation is 1. The summed E-state index contributed by atoms with van der Waals surface area (Å²) in [5.74, 6) is 5.80. The largest absolute Gasteiger partial charge is 0.494 e. The normalized spacial score (nSPS) is 25.9. The van der Waals surface area contributed by atoms with Gasteiger partial charge in [-0.15, -0.1) is 0 Å². The summed E-state index contributed by atoms with van der Waals surface area (Å²) >= 11 is 0. The number of ether oxygens (including phenoxy) is 1. The zero-order valence-corrected chi connectivity index (χ0v) is 25.1. The highest BCUT2D eigenvalue weighted by molar-refractivity contribution is 6.00. The number of imidazole rings is 1.